The van der Waals surface area contributed by atoms with Crippen LogP contribution in [0.4, 0.5) is 11.5 Å². The molecule has 1 N–H and O–H groups in total. The van der Waals surface area contributed by atoms with Crippen LogP contribution in [-0.2, 0) is 0 Å². The van der Waals surface area contributed by atoms with E-state index in [0.29, 0.717) is 34.1 Å². The van der Waals surface area contributed by atoms with Crippen LogP contribution in [0.5, 0.6) is 11.5 Å². The number of nitrogens with one attached hydrogen (secondary N) is 1. The van der Waals surface area contributed by atoms with Crippen molar-refractivity contribution in [3.8, 4) is 11.5 Å². The number of aromatic nitrogens is 2. The maximum atomic E-state index is 6.27. The summed E-state index contributed by atoms with van der Waals surface area (Å²) in [5, 5.41) is 5.12. The summed E-state index contributed by atoms with van der Waals surface area (Å²) >= 11 is 12.2. The van der Waals surface area contributed by atoms with Crippen molar-refractivity contribution >= 4 is 45.6 Å². The van der Waals surface area contributed by atoms with Gasteiger partial charge in [0.2, 0.25) is 0 Å². The molecule has 8 heteroatoms. The van der Waals surface area contributed by atoms with Gasteiger partial charge in [-0.05, 0) is 61.4 Å². The van der Waals surface area contributed by atoms with Gasteiger partial charge in [0, 0.05) is 30.2 Å². The van der Waals surface area contributed by atoms with E-state index in [1.54, 1.807) is 19.2 Å². The first-order chi connectivity index (χ1) is 16.0. The minimum atomic E-state index is 0.478. The summed E-state index contributed by atoms with van der Waals surface area (Å²) in [5.41, 5.74) is 1.57. The molecule has 1 aliphatic carbocycles. The van der Waals surface area contributed by atoms with Crippen molar-refractivity contribution in [1.82, 2.24) is 14.9 Å². The fourth-order valence-corrected chi connectivity index (χ4v) is 5.57. The van der Waals surface area contributed by atoms with Gasteiger partial charge in [0.1, 0.15) is 12.1 Å². The smallest absolute Gasteiger partial charge is 0.163 e. The van der Waals surface area contributed by atoms with Gasteiger partial charge in [-0.25, -0.2) is 9.97 Å². The molecule has 0 unspecified atom stereocenters. The molecule has 0 amide bonds. The molecule has 2 aromatic carbocycles. The fraction of sp³-hybridized carbons (Fsp3) is 0.440. The number of hydrogen-bond acceptors (Lipinski definition) is 6. The van der Waals surface area contributed by atoms with Crippen molar-refractivity contribution in [3.05, 3.63) is 46.7 Å². The monoisotopic (exact) mass is 486 g/mol. The number of anilines is 2. The van der Waals surface area contributed by atoms with E-state index in [1.807, 2.05) is 18.2 Å². The Bertz CT molecular complexity index is 1140. The molecule has 1 saturated carbocycles. The molecule has 0 spiro atoms. The second-order valence-corrected chi connectivity index (χ2v) is 9.83. The number of methoxy groups -OCH3 is 1. The summed E-state index contributed by atoms with van der Waals surface area (Å²) in [4.78, 5) is 11.4. The lowest BCUT2D eigenvalue weighted by Gasteiger charge is -2.18. The van der Waals surface area contributed by atoms with Crippen molar-refractivity contribution in [2.24, 2.45) is 17.8 Å². The van der Waals surface area contributed by atoms with Crippen LogP contribution in [0.2, 0.25) is 10.0 Å². The molecule has 33 heavy (non-hydrogen) atoms. The second-order valence-electron chi connectivity index (χ2n) is 9.02. The van der Waals surface area contributed by atoms with E-state index in [1.165, 1.54) is 32.3 Å². The van der Waals surface area contributed by atoms with Gasteiger partial charge in [0.05, 0.1) is 29.3 Å². The van der Waals surface area contributed by atoms with Crippen molar-refractivity contribution in [2.45, 2.75) is 19.8 Å². The molecule has 0 bridgehead atoms. The third-order valence-corrected chi connectivity index (χ3v) is 7.69. The first kappa shape index (κ1) is 22.5. The van der Waals surface area contributed by atoms with Crippen molar-refractivity contribution < 1.29 is 9.47 Å². The number of nitrogens with zero attached hydrogens (tertiary/aromatic N) is 3. The number of halogens is 2. The summed E-state index contributed by atoms with van der Waals surface area (Å²) in [6, 6.07) is 9.23. The lowest BCUT2D eigenvalue weighted by atomic mass is 10.0. The van der Waals surface area contributed by atoms with Crippen molar-refractivity contribution in [2.75, 3.05) is 38.7 Å². The average molecular weight is 487 g/mol. The highest BCUT2D eigenvalue weighted by molar-refractivity contribution is 6.42. The number of likely N-dealkylation sites (tertiary alicyclic amines) is 1. The first-order valence-electron chi connectivity index (χ1n) is 11.4. The Morgan fingerprint density at radius 3 is 2.52 bits per heavy atom. The molecular weight excluding hydrogens is 459 g/mol. The molecule has 1 saturated heterocycles. The molecule has 0 radical (unpaired) electrons. The van der Waals surface area contributed by atoms with Crippen molar-refractivity contribution in [1.29, 1.82) is 0 Å². The van der Waals surface area contributed by atoms with Crippen LogP contribution in [0.25, 0.3) is 10.9 Å². The van der Waals surface area contributed by atoms with E-state index in [-0.39, 0.29) is 0 Å². The third kappa shape index (κ3) is 4.70. The number of rotatable bonds is 7. The van der Waals surface area contributed by atoms with Crippen LogP contribution in [-0.4, -0.2) is 48.2 Å². The molecule has 1 aromatic heterocycles. The van der Waals surface area contributed by atoms with E-state index < -0.39 is 0 Å². The summed E-state index contributed by atoms with van der Waals surface area (Å²) in [6.07, 6.45) is 4.03. The fourth-order valence-electron chi connectivity index (χ4n) is 5.27. The predicted octanol–water partition coefficient (Wildman–Crippen LogP) is 6.05. The zero-order chi connectivity index (χ0) is 22.9. The molecular formula is C25H28Cl2N4O2. The van der Waals surface area contributed by atoms with Crippen LogP contribution in [0, 0.1) is 17.8 Å². The lowest BCUT2D eigenvalue weighted by molar-refractivity contribution is 0.223. The highest BCUT2D eigenvalue weighted by atomic mass is 35.5. The molecule has 3 atom stereocenters. The molecule has 2 aliphatic rings. The Labute approximate surface area is 204 Å². The maximum Gasteiger partial charge on any atom is 0.163 e. The van der Waals surface area contributed by atoms with Crippen LogP contribution < -0.4 is 14.8 Å². The highest BCUT2D eigenvalue weighted by Gasteiger charge is 2.40. The summed E-state index contributed by atoms with van der Waals surface area (Å²) in [6.45, 7) is 6.60. The molecule has 174 valence electrons. The topological polar surface area (TPSA) is 59.5 Å². The van der Waals surface area contributed by atoms with Crippen LogP contribution in [0.3, 0.4) is 0 Å². The summed E-state index contributed by atoms with van der Waals surface area (Å²) in [7, 11) is 1.66. The number of hydrogen-bond donors (Lipinski definition) is 1. The summed E-state index contributed by atoms with van der Waals surface area (Å²) in [5.74, 6) is 4.28. The van der Waals surface area contributed by atoms with Gasteiger partial charge in [-0.2, -0.15) is 0 Å². The predicted molar refractivity (Wildman–Crippen MR) is 133 cm³/mol. The van der Waals surface area contributed by atoms with E-state index >= 15 is 0 Å². The van der Waals surface area contributed by atoms with E-state index in [0.717, 1.165) is 40.7 Å². The molecule has 6 nitrogen and oxygen atoms in total. The minimum Gasteiger partial charge on any atom is -0.493 e. The Morgan fingerprint density at radius 2 is 1.82 bits per heavy atom. The van der Waals surface area contributed by atoms with Crippen LogP contribution in [0.1, 0.15) is 19.8 Å². The van der Waals surface area contributed by atoms with Crippen LogP contribution >= 0.6 is 23.2 Å². The van der Waals surface area contributed by atoms with Gasteiger partial charge >= 0.3 is 0 Å². The van der Waals surface area contributed by atoms with E-state index in [2.05, 4.69) is 27.1 Å². The quantitative estimate of drug-likeness (QED) is 0.438. The highest BCUT2D eigenvalue weighted by Crippen LogP contribution is 2.42. The molecule has 2 heterocycles. The Morgan fingerprint density at radius 1 is 1.03 bits per heavy atom. The van der Waals surface area contributed by atoms with Gasteiger partial charge in [-0.15, -0.1) is 0 Å². The number of benzene rings is 2. The van der Waals surface area contributed by atoms with Gasteiger partial charge in [-0.1, -0.05) is 30.1 Å². The minimum absolute atomic E-state index is 0.478. The van der Waals surface area contributed by atoms with Gasteiger partial charge in [0.25, 0.3) is 0 Å². The Hall–Kier alpha value is -2.28. The summed E-state index contributed by atoms with van der Waals surface area (Å²) < 4.78 is 11.9. The standard InChI is InChI=1S/C25H28Cl2N4O2/c1-3-31-11-16-6-15(7-17(16)12-31)13-33-24-10-22-19(9-23(24)32-2)25(29-14-28-22)30-18-4-5-20(26)21(27)8-18/h4-5,8-10,14-17H,3,6-7,11-13H2,1-2H3,(H,28,29,30)/t15-,16-,17+. The molecule has 5 rings (SSSR count). The zero-order valence-corrected chi connectivity index (χ0v) is 20.4. The van der Waals surface area contributed by atoms with Gasteiger partial charge in [0.15, 0.2) is 11.5 Å². The first-order valence-corrected chi connectivity index (χ1v) is 12.2. The van der Waals surface area contributed by atoms with Gasteiger partial charge in [-0.3, -0.25) is 0 Å². The normalized spacial score (nSPS) is 22.5. The number of ether oxygens (including phenoxy) is 2. The average Bonchev–Trinajstić information content (AvgIpc) is 3.38. The number of fused-ring (bicyclic) bond motifs is 2. The molecule has 1 aliphatic heterocycles. The van der Waals surface area contributed by atoms with E-state index in [4.69, 9.17) is 32.7 Å². The Kier molecular flexibility index (Phi) is 6.50. The third-order valence-electron chi connectivity index (χ3n) is 6.95. The van der Waals surface area contributed by atoms with Crippen LogP contribution in [0.15, 0.2) is 36.7 Å². The molecule has 3 aromatic rings. The van der Waals surface area contributed by atoms with E-state index in [9.17, 15) is 0 Å². The maximum absolute atomic E-state index is 6.27. The largest absolute Gasteiger partial charge is 0.493 e. The second kappa shape index (κ2) is 9.53. The van der Waals surface area contributed by atoms with Crippen molar-refractivity contribution in [3.63, 3.8) is 0 Å². The Balaban J connectivity index is 1.32. The van der Waals surface area contributed by atoms with Gasteiger partial charge < -0.3 is 19.7 Å². The molecule has 2 fully saturated rings. The SMILES string of the molecule is CCN1C[C@H]2C[C@@H](COc3cc4ncnc(Nc5ccc(Cl)c(Cl)c5)c4cc3OC)C[C@H]2C1. The zero-order valence-electron chi connectivity index (χ0n) is 18.9. The lowest BCUT2D eigenvalue weighted by Crippen LogP contribution is -2.22.